The van der Waals surface area contributed by atoms with Crippen LogP contribution in [0.2, 0.25) is 0 Å². The minimum absolute atomic E-state index is 0.174. The van der Waals surface area contributed by atoms with Gasteiger partial charge in [0.25, 0.3) is 0 Å². The number of ether oxygens (including phenoxy) is 1. The molecule has 12 nitrogen and oxygen atoms in total. The number of hydrogen-bond acceptors (Lipinski definition) is 7. The zero-order valence-electron chi connectivity index (χ0n) is 44.3. The van der Waals surface area contributed by atoms with Crippen molar-refractivity contribution in [2.45, 2.75) is 117 Å². The highest BCUT2D eigenvalue weighted by molar-refractivity contribution is 5.78. The van der Waals surface area contributed by atoms with Crippen LogP contribution in [0.15, 0.2) is 121 Å². The quantitative estimate of drug-likeness (QED) is 0.150. The average Bonchev–Trinajstić information content (AvgIpc) is 3.37. The Kier molecular flexibility index (Phi) is 19.0. The molecule has 72 heavy (non-hydrogen) atoms. The van der Waals surface area contributed by atoms with Crippen LogP contribution in [-0.2, 0) is 14.3 Å². The fourth-order valence-corrected chi connectivity index (χ4v) is 11.4. The van der Waals surface area contributed by atoms with Gasteiger partial charge in [0.2, 0.25) is 11.8 Å². The van der Waals surface area contributed by atoms with E-state index in [2.05, 4.69) is 169 Å². The van der Waals surface area contributed by atoms with Crippen molar-refractivity contribution in [2.24, 2.45) is 29.4 Å². The largest absolute Gasteiger partial charge is 0.444 e. The van der Waals surface area contributed by atoms with Gasteiger partial charge in [-0.15, -0.1) is 0 Å². The predicted molar refractivity (Wildman–Crippen MR) is 287 cm³/mol. The summed E-state index contributed by atoms with van der Waals surface area (Å²) in [6.45, 7) is 22.1. The third-order valence-electron chi connectivity index (χ3n) is 15.4. The summed E-state index contributed by atoms with van der Waals surface area (Å²) >= 11 is 0. The lowest BCUT2D eigenvalue weighted by molar-refractivity contribution is -0.140. The van der Waals surface area contributed by atoms with Crippen LogP contribution < -0.4 is 5.73 Å². The van der Waals surface area contributed by atoms with Crippen molar-refractivity contribution in [2.75, 3.05) is 65.4 Å². The van der Waals surface area contributed by atoms with Gasteiger partial charge in [-0.05, 0) is 92.4 Å². The summed E-state index contributed by atoms with van der Waals surface area (Å²) in [5.74, 6) is 1.89. The molecule has 12 heteroatoms. The smallest absolute Gasteiger partial charge is 0.410 e. The molecule has 4 heterocycles. The fourth-order valence-electron chi connectivity index (χ4n) is 11.4. The zero-order valence-corrected chi connectivity index (χ0v) is 44.3. The monoisotopic (exact) mass is 982 g/mol. The molecule has 4 aliphatic rings. The minimum Gasteiger partial charge on any atom is -0.444 e. The van der Waals surface area contributed by atoms with E-state index in [1.165, 1.54) is 22.3 Å². The number of carbonyl (C=O) groups is 4. The first-order valence-corrected chi connectivity index (χ1v) is 26.8. The van der Waals surface area contributed by atoms with E-state index < -0.39 is 5.60 Å². The van der Waals surface area contributed by atoms with Crippen molar-refractivity contribution < 1.29 is 23.9 Å². The highest BCUT2D eigenvalue weighted by Crippen LogP contribution is 2.35. The molecule has 0 radical (unpaired) electrons. The number of carbonyl (C=O) groups excluding carboxylic acids is 4. The normalized spacial score (nSPS) is 19.9. The standard InChI is InChI=1S/C32H45N3O3.C28H38N4O2/c1-24(2)28-23-34(30(26-12-8-6-9-13-26)27-14-10-7-11-15-27)20-21-35(28)29(36)22-25-16-18-33(19-17-25)31(37)38-32(3,4)5;1-21(2)25-20-31(27(23-9-5-3-6-10-23)24-11-7-4-8-12-24)17-18-32(25)26(33)19-22-13-15-30(16-14-22)28(29)34/h6-15,24-25,28,30H,16-23H2,1-5H3;3-12,21-22,25,27H,13-20H2,1-2H3,(H2,29,34)/t28-;25-/m11/s1. The molecule has 0 aromatic heterocycles. The highest BCUT2D eigenvalue weighted by atomic mass is 16.6. The van der Waals surface area contributed by atoms with Crippen molar-refractivity contribution in [3.05, 3.63) is 144 Å². The van der Waals surface area contributed by atoms with Crippen LogP contribution >= 0.6 is 0 Å². The lowest BCUT2D eigenvalue weighted by atomic mass is 9.90. The van der Waals surface area contributed by atoms with Gasteiger partial charge in [-0.3, -0.25) is 19.4 Å². The molecule has 0 unspecified atom stereocenters. The number of likely N-dealkylation sites (tertiary alicyclic amines) is 2. The van der Waals surface area contributed by atoms with Crippen molar-refractivity contribution in [3.63, 3.8) is 0 Å². The van der Waals surface area contributed by atoms with E-state index in [4.69, 9.17) is 10.5 Å². The number of hydrogen-bond donors (Lipinski definition) is 1. The van der Waals surface area contributed by atoms with Crippen LogP contribution in [0.5, 0.6) is 0 Å². The van der Waals surface area contributed by atoms with E-state index in [1.807, 2.05) is 20.8 Å². The molecule has 8 rings (SSSR count). The van der Waals surface area contributed by atoms with Gasteiger partial charge >= 0.3 is 12.1 Å². The van der Waals surface area contributed by atoms with Gasteiger partial charge in [-0.2, -0.15) is 0 Å². The molecule has 5 amide bonds. The van der Waals surface area contributed by atoms with Crippen molar-refractivity contribution in [3.8, 4) is 0 Å². The van der Waals surface area contributed by atoms with Crippen LogP contribution in [0, 0.1) is 23.7 Å². The number of benzene rings is 4. The summed E-state index contributed by atoms with van der Waals surface area (Å²) in [6, 6.07) is 43.1. The molecule has 2 atom stereocenters. The minimum atomic E-state index is -0.488. The highest BCUT2D eigenvalue weighted by Gasteiger charge is 2.39. The van der Waals surface area contributed by atoms with E-state index >= 15 is 0 Å². The first-order valence-electron chi connectivity index (χ1n) is 26.8. The van der Waals surface area contributed by atoms with Crippen molar-refractivity contribution in [1.29, 1.82) is 0 Å². The van der Waals surface area contributed by atoms with Gasteiger partial charge in [-0.25, -0.2) is 9.59 Å². The number of nitrogens with zero attached hydrogens (tertiary/aromatic N) is 6. The van der Waals surface area contributed by atoms with Gasteiger partial charge in [0.05, 0.1) is 12.1 Å². The first-order chi connectivity index (χ1) is 34.6. The Morgan fingerprint density at radius 3 is 1.11 bits per heavy atom. The summed E-state index contributed by atoms with van der Waals surface area (Å²) in [7, 11) is 0. The van der Waals surface area contributed by atoms with Gasteiger partial charge in [0.1, 0.15) is 5.60 Å². The molecular formula is C60H83N7O5. The predicted octanol–water partition coefficient (Wildman–Crippen LogP) is 10.1. The number of rotatable bonds is 12. The number of piperidine rings is 2. The Hall–Kier alpha value is -5.72. The van der Waals surface area contributed by atoms with Crippen LogP contribution in [0.25, 0.3) is 0 Å². The van der Waals surface area contributed by atoms with Gasteiger partial charge in [0, 0.05) is 90.4 Å². The zero-order chi connectivity index (χ0) is 51.4. The Labute approximate surface area is 430 Å². The molecule has 0 saturated carbocycles. The third-order valence-corrected chi connectivity index (χ3v) is 15.4. The number of primary amides is 1. The molecule has 4 aromatic carbocycles. The second-order valence-corrected chi connectivity index (χ2v) is 22.3. The Bertz CT molecular complexity index is 2230. The van der Waals surface area contributed by atoms with Gasteiger partial charge in [0.15, 0.2) is 0 Å². The second kappa shape index (κ2) is 25.3. The molecule has 2 N–H and O–H groups in total. The molecule has 4 aliphatic heterocycles. The molecular weight excluding hydrogens is 899 g/mol. The SMILES string of the molecule is CC(C)[C@H]1CN(C(c2ccccc2)c2ccccc2)CCN1C(=O)CC1CCN(C(=O)OC(C)(C)C)CC1.CC(C)[C@H]1CN(C(c2ccccc2)c2ccccc2)CCN1C(=O)CC1CCN(C(N)=O)CC1. The summed E-state index contributed by atoms with van der Waals surface area (Å²) < 4.78 is 5.53. The maximum atomic E-state index is 13.6. The van der Waals surface area contributed by atoms with Crippen molar-refractivity contribution >= 4 is 23.9 Å². The third kappa shape index (κ3) is 14.5. The molecule has 4 aromatic rings. The van der Waals surface area contributed by atoms with Crippen LogP contribution in [0.4, 0.5) is 9.59 Å². The number of amides is 5. The molecule has 0 spiro atoms. The number of urea groups is 1. The number of piperazine rings is 2. The Morgan fingerprint density at radius 1 is 0.500 bits per heavy atom. The van der Waals surface area contributed by atoms with Crippen molar-refractivity contribution in [1.82, 2.24) is 29.4 Å². The first kappa shape index (κ1) is 54.1. The van der Waals surface area contributed by atoms with E-state index in [-0.39, 0.29) is 48.1 Å². The van der Waals surface area contributed by atoms with Crippen LogP contribution in [0.3, 0.4) is 0 Å². The van der Waals surface area contributed by atoms with Gasteiger partial charge in [-0.1, -0.05) is 149 Å². The Morgan fingerprint density at radius 2 is 0.819 bits per heavy atom. The lowest BCUT2D eigenvalue weighted by Gasteiger charge is -2.47. The maximum absolute atomic E-state index is 13.6. The molecule has 0 aliphatic carbocycles. The van der Waals surface area contributed by atoms with Crippen LogP contribution in [-0.4, -0.2) is 136 Å². The molecule has 388 valence electrons. The maximum Gasteiger partial charge on any atom is 0.410 e. The van der Waals surface area contributed by atoms with E-state index in [9.17, 15) is 19.2 Å². The van der Waals surface area contributed by atoms with E-state index in [1.54, 1.807) is 9.80 Å². The lowest BCUT2D eigenvalue weighted by Crippen LogP contribution is -2.58. The van der Waals surface area contributed by atoms with E-state index in [0.29, 0.717) is 62.7 Å². The summed E-state index contributed by atoms with van der Waals surface area (Å²) in [5, 5.41) is 0. The molecule has 4 saturated heterocycles. The summed E-state index contributed by atoms with van der Waals surface area (Å²) in [6.07, 6.45) is 4.28. The summed E-state index contributed by atoms with van der Waals surface area (Å²) in [4.78, 5) is 63.7. The van der Waals surface area contributed by atoms with Crippen LogP contribution in [0.1, 0.15) is 121 Å². The van der Waals surface area contributed by atoms with E-state index in [0.717, 1.165) is 65.0 Å². The fraction of sp³-hybridized carbons (Fsp3) is 0.533. The molecule has 0 bridgehead atoms. The second-order valence-electron chi connectivity index (χ2n) is 22.3. The Balaban J connectivity index is 0.000000213. The number of nitrogens with two attached hydrogens (primary N) is 1. The average molecular weight is 982 g/mol. The molecule has 4 fully saturated rings. The summed E-state index contributed by atoms with van der Waals surface area (Å²) in [5.41, 5.74) is 10.1. The van der Waals surface area contributed by atoms with Gasteiger partial charge < -0.3 is 30.1 Å². The topological polar surface area (TPSA) is 123 Å².